The molecule has 3 fully saturated rings. The Kier molecular flexibility index (Phi) is 10.8. The van der Waals surface area contributed by atoms with Crippen molar-refractivity contribution in [1.29, 1.82) is 0 Å². The summed E-state index contributed by atoms with van der Waals surface area (Å²) in [6.45, 7) is 19.2. The van der Waals surface area contributed by atoms with Crippen LogP contribution >= 0.6 is 0 Å². The first-order chi connectivity index (χ1) is 25.2. The highest BCUT2D eigenvalue weighted by Gasteiger charge is 2.59. The number of amides is 1. The number of allylic oxidation sites excluding steroid dienone is 1. The molecular formula is C45H66N4O4. The molecular weight excluding hydrogens is 661 g/mol. The van der Waals surface area contributed by atoms with Crippen molar-refractivity contribution in [2.75, 3.05) is 11.9 Å². The maximum Gasteiger partial charge on any atom is 0.413 e. The second-order valence-electron chi connectivity index (χ2n) is 18.9. The SMILES string of the molecule is CCOCc1nc2c(NC(=O)OC3CCC4(C)C(=CCC5C4CCC4(C)C(C(C)CCCC(C)C)CCC54)C3)nc3ccccc3c2n1CC(C)(C)O. The normalized spacial score (nSPS) is 30.5. The van der Waals surface area contributed by atoms with Gasteiger partial charge in [0.1, 0.15) is 24.1 Å². The number of imidazole rings is 1. The van der Waals surface area contributed by atoms with Crippen LogP contribution in [-0.2, 0) is 22.6 Å². The van der Waals surface area contributed by atoms with Gasteiger partial charge >= 0.3 is 6.09 Å². The van der Waals surface area contributed by atoms with Crippen molar-refractivity contribution in [1.82, 2.24) is 14.5 Å². The molecule has 0 radical (unpaired) electrons. The van der Waals surface area contributed by atoms with Gasteiger partial charge in [0.15, 0.2) is 5.82 Å². The highest BCUT2D eigenvalue weighted by atomic mass is 16.6. The maximum absolute atomic E-state index is 13.7. The molecule has 0 spiro atoms. The minimum absolute atomic E-state index is 0.167. The highest BCUT2D eigenvalue weighted by molar-refractivity contribution is 6.09. The molecule has 8 heteroatoms. The fourth-order valence-corrected chi connectivity index (χ4v) is 11.9. The van der Waals surface area contributed by atoms with Gasteiger partial charge in [-0.15, -0.1) is 0 Å². The average Bonchev–Trinajstić information content (AvgIpc) is 3.64. The molecule has 3 aromatic rings. The van der Waals surface area contributed by atoms with Gasteiger partial charge in [-0.05, 0) is 118 Å². The Hall–Kier alpha value is -2.97. The van der Waals surface area contributed by atoms with E-state index in [1.54, 1.807) is 13.8 Å². The predicted octanol–water partition coefficient (Wildman–Crippen LogP) is 10.9. The largest absolute Gasteiger partial charge is 0.446 e. The summed E-state index contributed by atoms with van der Waals surface area (Å²) in [6.07, 6.45) is 15.5. The van der Waals surface area contributed by atoms with Gasteiger partial charge in [0.25, 0.3) is 0 Å². The number of aromatic nitrogens is 3. The lowest BCUT2D eigenvalue weighted by molar-refractivity contribution is -0.0577. The molecule has 2 N–H and O–H groups in total. The first-order valence-corrected chi connectivity index (χ1v) is 21.0. The van der Waals surface area contributed by atoms with E-state index in [0.29, 0.717) is 35.7 Å². The number of para-hydroxylation sites is 1. The van der Waals surface area contributed by atoms with Gasteiger partial charge in [-0.1, -0.05) is 83.7 Å². The summed E-state index contributed by atoms with van der Waals surface area (Å²) < 4.78 is 14.0. The molecule has 2 aromatic heterocycles. The third-order valence-corrected chi connectivity index (χ3v) is 14.4. The van der Waals surface area contributed by atoms with E-state index in [9.17, 15) is 9.90 Å². The van der Waals surface area contributed by atoms with Crippen LogP contribution in [0.1, 0.15) is 132 Å². The van der Waals surface area contributed by atoms with Crippen molar-refractivity contribution in [3.05, 3.63) is 41.7 Å². The van der Waals surface area contributed by atoms with Crippen LogP contribution in [0, 0.1) is 46.3 Å². The van der Waals surface area contributed by atoms with Crippen LogP contribution in [0.15, 0.2) is 35.9 Å². The van der Waals surface area contributed by atoms with Crippen LogP contribution < -0.4 is 5.32 Å². The number of nitrogens with one attached hydrogen (secondary N) is 1. The number of carbonyl (C=O) groups excluding carboxylic acids is 1. The fraction of sp³-hybridized carbons (Fsp3) is 0.711. The summed E-state index contributed by atoms with van der Waals surface area (Å²) in [5.74, 6) is 5.88. The Bertz CT molecular complexity index is 1820. The average molecular weight is 727 g/mol. The highest BCUT2D eigenvalue weighted by Crippen LogP contribution is 2.67. The van der Waals surface area contributed by atoms with Gasteiger partial charge in [0.05, 0.1) is 23.2 Å². The van der Waals surface area contributed by atoms with E-state index in [-0.39, 0.29) is 18.1 Å². The molecule has 290 valence electrons. The van der Waals surface area contributed by atoms with Crippen molar-refractivity contribution >= 4 is 33.8 Å². The number of anilines is 1. The lowest BCUT2D eigenvalue weighted by Crippen LogP contribution is -2.51. The van der Waals surface area contributed by atoms with Crippen LogP contribution in [0.25, 0.3) is 21.9 Å². The van der Waals surface area contributed by atoms with Crippen molar-refractivity contribution in [3.63, 3.8) is 0 Å². The molecule has 4 aliphatic rings. The topological polar surface area (TPSA) is 98.5 Å². The number of pyridine rings is 1. The van der Waals surface area contributed by atoms with Crippen molar-refractivity contribution in [3.8, 4) is 0 Å². The number of hydrogen-bond acceptors (Lipinski definition) is 6. The second kappa shape index (κ2) is 14.9. The van der Waals surface area contributed by atoms with E-state index in [2.05, 4.69) is 46.0 Å². The molecule has 8 unspecified atom stereocenters. The molecule has 7 rings (SSSR count). The molecule has 1 aromatic carbocycles. The van der Waals surface area contributed by atoms with E-state index in [0.717, 1.165) is 71.2 Å². The molecule has 4 aliphatic carbocycles. The standard InChI is InChI=1S/C45H66N4O4/c1-9-52-26-38-47-39-40(49(38)27-43(5,6)51)33-15-10-11-16-37(33)46-41(39)48-42(50)53-31-21-23-44(7)30(25-31)17-18-32-35-20-19-34(29(4)14-12-13-28(2)3)45(35,8)24-22-36(32)44/h10-11,15-17,28-29,31-32,34-36,51H,9,12-14,18-27H2,1-8H3,(H,46,48,50). The Morgan fingerprint density at radius 2 is 1.85 bits per heavy atom. The quantitative estimate of drug-likeness (QED) is 0.180. The first kappa shape index (κ1) is 38.3. The van der Waals surface area contributed by atoms with Crippen LogP contribution in [0.2, 0.25) is 0 Å². The van der Waals surface area contributed by atoms with Crippen molar-refractivity contribution in [2.24, 2.45) is 46.3 Å². The molecule has 0 saturated heterocycles. The number of rotatable bonds is 12. The van der Waals surface area contributed by atoms with E-state index in [1.807, 2.05) is 35.8 Å². The molecule has 0 bridgehead atoms. The Morgan fingerprint density at radius 1 is 1.06 bits per heavy atom. The van der Waals surface area contributed by atoms with E-state index >= 15 is 0 Å². The number of nitrogens with zero attached hydrogens (tertiary/aromatic N) is 3. The van der Waals surface area contributed by atoms with Crippen LogP contribution in [-0.4, -0.2) is 44.0 Å². The van der Waals surface area contributed by atoms with E-state index < -0.39 is 11.7 Å². The minimum Gasteiger partial charge on any atom is -0.446 e. The minimum atomic E-state index is -0.989. The van der Waals surface area contributed by atoms with Crippen molar-refractivity contribution < 1.29 is 19.4 Å². The van der Waals surface area contributed by atoms with Crippen molar-refractivity contribution in [2.45, 2.75) is 151 Å². The molecule has 8 atom stereocenters. The monoisotopic (exact) mass is 727 g/mol. The summed E-state index contributed by atoms with van der Waals surface area (Å²) in [4.78, 5) is 23.5. The van der Waals surface area contributed by atoms with Crippen LogP contribution in [0.4, 0.5) is 10.6 Å². The Morgan fingerprint density at radius 3 is 2.60 bits per heavy atom. The molecule has 53 heavy (non-hydrogen) atoms. The molecule has 1 amide bonds. The summed E-state index contributed by atoms with van der Waals surface area (Å²) >= 11 is 0. The van der Waals surface area contributed by atoms with Crippen LogP contribution in [0.5, 0.6) is 0 Å². The zero-order valence-corrected chi connectivity index (χ0v) is 33.8. The lowest BCUT2D eigenvalue weighted by Gasteiger charge is -2.58. The molecule has 2 heterocycles. The Balaban J connectivity index is 1.06. The first-order valence-electron chi connectivity index (χ1n) is 21.0. The van der Waals surface area contributed by atoms with Gasteiger partial charge in [0.2, 0.25) is 0 Å². The van der Waals surface area contributed by atoms with E-state index in [4.69, 9.17) is 19.4 Å². The smallest absolute Gasteiger partial charge is 0.413 e. The molecule has 3 saturated carbocycles. The van der Waals surface area contributed by atoms with Gasteiger partial charge in [-0.25, -0.2) is 14.8 Å². The second-order valence-corrected chi connectivity index (χ2v) is 18.9. The summed E-state index contributed by atoms with van der Waals surface area (Å²) in [6, 6.07) is 7.86. The number of hydrogen-bond donors (Lipinski definition) is 2. The third-order valence-electron chi connectivity index (χ3n) is 14.4. The summed E-state index contributed by atoms with van der Waals surface area (Å²) in [7, 11) is 0. The number of aliphatic hydroxyl groups is 1. The Labute approximate surface area is 317 Å². The zero-order chi connectivity index (χ0) is 37.7. The number of benzene rings is 1. The molecule has 0 aliphatic heterocycles. The van der Waals surface area contributed by atoms with Gasteiger partial charge in [-0.2, -0.15) is 0 Å². The van der Waals surface area contributed by atoms with Gasteiger partial charge in [0, 0.05) is 18.4 Å². The van der Waals surface area contributed by atoms with Gasteiger partial charge < -0.3 is 19.1 Å². The zero-order valence-electron chi connectivity index (χ0n) is 33.8. The fourth-order valence-electron chi connectivity index (χ4n) is 11.9. The molecule has 8 nitrogen and oxygen atoms in total. The number of ether oxygens (including phenoxy) is 2. The predicted molar refractivity (Wildman–Crippen MR) is 214 cm³/mol. The lowest BCUT2D eigenvalue weighted by atomic mass is 9.47. The van der Waals surface area contributed by atoms with Gasteiger partial charge in [-0.3, -0.25) is 5.32 Å². The number of fused-ring (bicyclic) bond motifs is 8. The number of carbonyl (C=O) groups is 1. The van der Waals surface area contributed by atoms with E-state index in [1.165, 1.54) is 56.9 Å². The summed E-state index contributed by atoms with van der Waals surface area (Å²) in [5.41, 5.74) is 3.32. The maximum atomic E-state index is 13.7. The third kappa shape index (κ3) is 7.40. The summed E-state index contributed by atoms with van der Waals surface area (Å²) in [5, 5.41) is 14.8. The van der Waals surface area contributed by atoms with Crippen LogP contribution in [0.3, 0.4) is 0 Å².